The van der Waals surface area contributed by atoms with Crippen molar-refractivity contribution in [1.29, 1.82) is 0 Å². The second-order valence-corrected chi connectivity index (χ2v) is 4.79. The molecule has 0 aliphatic rings. The van der Waals surface area contributed by atoms with Gasteiger partial charge >= 0.3 is 12.0 Å². The highest BCUT2D eigenvalue weighted by Crippen LogP contribution is 2.20. The molecule has 7 nitrogen and oxygen atoms in total. The molecule has 0 heterocycles. The van der Waals surface area contributed by atoms with Crippen LogP contribution < -0.4 is 16.8 Å². The summed E-state index contributed by atoms with van der Waals surface area (Å²) in [6.45, 7) is 1.36. The van der Waals surface area contributed by atoms with E-state index in [1.54, 1.807) is 24.3 Å². The van der Waals surface area contributed by atoms with Gasteiger partial charge in [0.15, 0.2) is 6.10 Å². The van der Waals surface area contributed by atoms with Crippen molar-refractivity contribution in [2.24, 2.45) is 11.5 Å². The normalized spacial score (nSPS) is 13.0. The zero-order valence-electron chi connectivity index (χ0n) is 11.3. The fourth-order valence-electron chi connectivity index (χ4n) is 1.59. The van der Waals surface area contributed by atoms with E-state index in [1.807, 2.05) is 0 Å². The van der Waals surface area contributed by atoms with Gasteiger partial charge in [-0.15, -0.1) is 0 Å². The van der Waals surface area contributed by atoms with E-state index in [2.05, 4.69) is 5.32 Å². The number of primary amides is 2. The molecule has 114 valence electrons. The Balaban J connectivity index is 2.79. The molecular weight excluding hydrogens is 298 g/mol. The number of nitrogens with two attached hydrogens (primary N) is 2. The minimum absolute atomic E-state index is 0.192. The molecule has 0 unspecified atom stereocenters. The molecule has 0 spiro atoms. The Morgan fingerprint density at radius 2 is 1.81 bits per heavy atom. The third kappa shape index (κ3) is 5.70. The summed E-state index contributed by atoms with van der Waals surface area (Å²) >= 11 is 5.78. The van der Waals surface area contributed by atoms with Crippen molar-refractivity contribution < 1.29 is 19.1 Å². The van der Waals surface area contributed by atoms with Crippen LogP contribution in [0.4, 0.5) is 4.79 Å². The van der Waals surface area contributed by atoms with Crippen molar-refractivity contribution in [3.63, 3.8) is 0 Å². The number of benzene rings is 1. The van der Waals surface area contributed by atoms with E-state index in [9.17, 15) is 14.4 Å². The van der Waals surface area contributed by atoms with Crippen LogP contribution in [0, 0.1) is 0 Å². The van der Waals surface area contributed by atoms with Gasteiger partial charge in [-0.25, -0.2) is 4.79 Å². The average Bonchev–Trinajstić information content (AvgIpc) is 2.38. The number of carbonyl (C=O) groups is 3. The van der Waals surface area contributed by atoms with Gasteiger partial charge in [0, 0.05) is 5.02 Å². The first-order valence-corrected chi connectivity index (χ1v) is 6.47. The SMILES string of the molecule is C[C@H](OC(=O)C[C@@H](NC(N)=O)c1ccc(Cl)cc1)C(N)=O. The van der Waals surface area contributed by atoms with E-state index in [4.69, 9.17) is 27.8 Å². The van der Waals surface area contributed by atoms with Crippen molar-refractivity contribution in [1.82, 2.24) is 5.32 Å². The van der Waals surface area contributed by atoms with Gasteiger partial charge in [-0.1, -0.05) is 23.7 Å². The van der Waals surface area contributed by atoms with Gasteiger partial charge in [-0.3, -0.25) is 9.59 Å². The van der Waals surface area contributed by atoms with Crippen molar-refractivity contribution in [3.8, 4) is 0 Å². The first kappa shape index (κ1) is 16.8. The quantitative estimate of drug-likeness (QED) is 0.673. The van der Waals surface area contributed by atoms with Gasteiger partial charge in [-0.2, -0.15) is 0 Å². The predicted molar refractivity (Wildman–Crippen MR) is 76.3 cm³/mol. The van der Waals surface area contributed by atoms with Crippen molar-refractivity contribution in [2.75, 3.05) is 0 Å². The van der Waals surface area contributed by atoms with Gasteiger partial charge in [0.25, 0.3) is 5.91 Å². The van der Waals surface area contributed by atoms with E-state index in [0.717, 1.165) is 0 Å². The number of carbonyl (C=O) groups excluding carboxylic acids is 3. The highest BCUT2D eigenvalue weighted by molar-refractivity contribution is 6.30. The average molecular weight is 314 g/mol. The number of ether oxygens (including phenoxy) is 1. The summed E-state index contributed by atoms with van der Waals surface area (Å²) < 4.78 is 4.84. The lowest BCUT2D eigenvalue weighted by Crippen LogP contribution is -2.36. The maximum Gasteiger partial charge on any atom is 0.312 e. The number of rotatable bonds is 6. The third-order valence-corrected chi connectivity index (χ3v) is 2.92. The molecule has 2 atom stereocenters. The number of esters is 1. The lowest BCUT2D eigenvalue weighted by molar-refractivity contribution is -0.154. The Morgan fingerprint density at radius 1 is 1.24 bits per heavy atom. The van der Waals surface area contributed by atoms with Crippen molar-refractivity contribution in [3.05, 3.63) is 34.9 Å². The maximum atomic E-state index is 11.7. The van der Waals surface area contributed by atoms with Crippen molar-refractivity contribution in [2.45, 2.75) is 25.5 Å². The van der Waals surface area contributed by atoms with E-state index in [-0.39, 0.29) is 6.42 Å². The first-order valence-electron chi connectivity index (χ1n) is 6.10. The van der Waals surface area contributed by atoms with Gasteiger partial charge in [0.05, 0.1) is 12.5 Å². The molecule has 0 fully saturated rings. The topological polar surface area (TPSA) is 125 Å². The van der Waals surface area contributed by atoms with Gasteiger partial charge < -0.3 is 21.5 Å². The standard InChI is InChI=1S/C13H16ClN3O4/c1-7(12(15)19)21-11(18)6-10(17-13(16)20)8-2-4-9(14)5-3-8/h2-5,7,10H,6H2,1H3,(H2,15,19)(H3,16,17,20)/t7-,10+/m0/s1. The van der Waals surface area contributed by atoms with Crippen LogP contribution in [-0.4, -0.2) is 24.0 Å². The van der Waals surface area contributed by atoms with E-state index >= 15 is 0 Å². The molecule has 21 heavy (non-hydrogen) atoms. The second-order valence-electron chi connectivity index (χ2n) is 4.35. The highest BCUT2D eigenvalue weighted by Gasteiger charge is 2.21. The predicted octanol–water partition coefficient (Wildman–Crippen LogP) is 0.857. The molecule has 0 saturated carbocycles. The first-order chi connectivity index (χ1) is 9.79. The van der Waals surface area contributed by atoms with E-state index in [1.165, 1.54) is 6.92 Å². The number of hydrogen-bond donors (Lipinski definition) is 3. The van der Waals surface area contributed by atoms with Crippen LogP contribution in [0.5, 0.6) is 0 Å². The summed E-state index contributed by atoms with van der Waals surface area (Å²) in [7, 11) is 0. The smallest absolute Gasteiger partial charge is 0.312 e. The molecule has 1 aromatic carbocycles. The molecule has 3 amide bonds. The molecule has 0 aliphatic carbocycles. The minimum Gasteiger partial charge on any atom is -0.452 e. The summed E-state index contributed by atoms with van der Waals surface area (Å²) in [5, 5.41) is 2.94. The molecule has 0 bridgehead atoms. The van der Waals surface area contributed by atoms with E-state index in [0.29, 0.717) is 10.6 Å². The lowest BCUT2D eigenvalue weighted by Gasteiger charge is -2.18. The minimum atomic E-state index is -1.04. The summed E-state index contributed by atoms with van der Waals surface area (Å²) in [5.41, 5.74) is 10.7. The molecule has 5 N–H and O–H groups in total. The number of amides is 3. The Labute approximate surface area is 126 Å². The molecule has 1 rings (SSSR count). The zero-order valence-corrected chi connectivity index (χ0v) is 12.1. The summed E-state index contributed by atoms with van der Waals surface area (Å²) in [6, 6.07) is 5.05. The lowest BCUT2D eigenvalue weighted by atomic mass is 10.0. The van der Waals surface area contributed by atoms with Crippen LogP contribution in [0.1, 0.15) is 24.9 Å². The molecular formula is C13H16ClN3O4. The zero-order chi connectivity index (χ0) is 16.0. The van der Waals surface area contributed by atoms with Gasteiger partial charge in [0.1, 0.15) is 0 Å². The molecule has 0 aromatic heterocycles. The number of hydrogen-bond acceptors (Lipinski definition) is 4. The van der Waals surface area contributed by atoms with Crippen molar-refractivity contribution >= 4 is 29.5 Å². The highest BCUT2D eigenvalue weighted by atomic mass is 35.5. The third-order valence-electron chi connectivity index (χ3n) is 2.67. The summed E-state index contributed by atoms with van der Waals surface area (Å²) in [6.07, 6.45) is -1.24. The fraction of sp³-hybridized carbons (Fsp3) is 0.308. The number of nitrogens with one attached hydrogen (secondary N) is 1. The van der Waals surface area contributed by atoms with E-state index < -0.39 is 30.1 Å². The molecule has 1 aromatic rings. The number of halogens is 1. The molecule has 0 aliphatic heterocycles. The Hall–Kier alpha value is -2.28. The number of urea groups is 1. The van der Waals surface area contributed by atoms with Crippen LogP contribution in [0.25, 0.3) is 0 Å². The van der Waals surface area contributed by atoms with Crippen LogP contribution in [0.2, 0.25) is 5.02 Å². The molecule has 8 heteroatoms. The maximum absolute atomic E-state index is 11.7. The van der Waals surface area contributed by atoms with Crippen LogP contribution in [0.15, 0.2) is 24.3 Å². The Kier molecular flexibility index (Phi) is 5.98. The van der Waals surface area contributed by atoms with Crippen LogP contribution in [-0.2, 0) is 14.3 Å². The molecule has 0 radical (unpaired) electrons. The summed E-state index contributed by atoms with van der Waals surface area (Å²) in [4.78, 5) is 33.6. The fourth-order valence-corrected chi connectivity index (χ4v) is 1.72. The Bertz CT molecular complexity index is 533. The monoisotopic (exact) mass is 313 g/mol. The van der Waals surface area contributed by atoms with Crippen LogP contribution in [0.3, 0.4) is 0 Å². The second kappa shape index (κ2) is 7.49. The van der Waals surface area contributed by atoms with Crippen LogP contribution >= 0.6 is 11.6 Å². The summed E-state index contributed by atoms with van der Waals surface area (Å²) in [5.74, 6) is -1.44. The van der Waals surface area contributed by atoms with Gasteiger partial charge in [0.2, 0.25) is 0 Å². The largest absolute Gasteiger partial charge is 0.452 e. The molecule has 0 saturated heterocycles. The Morgan fingerprint density at radius 3 is 2.29 bits per heavy atom. The van der Waals surface area contributed by atoms with Gasteiger partial charge in [-0.05, 0) is 24.6 Å².